The van der Waals surface area contributed by atoms with Gasteiger partial charge < -0.3 is 13.9 Å². The molecule has 3 nitrogen and oxygen atoms in total. The van der Waals surface area contributed by atoms with E-state index < -0.39 is 0 Å². The molecule has 0 saturated carbocycles. The molecule has 0 aliphatic heterocycles. The smallest absolute Gasteiger partial charge is 0.137 e. The summed E-state index contributed by atoms with van der Waals surface area (Å²) in [4.78, 5) is 2.40. The third-order valence-corrected chi connectivity index (χ3v) is 10.7. The fourth-order valence-electron chi connectivity index (χ4n) is 8.41. The van der Waals surface area contributed by atoms with E-state index in [1.165, 1.54) is 48.9 Å². The molecule has 0 fully saturated rings. The van der Waals surface area contributed by atoms with Gasteiger partial charge in [-0.2, -0.15) is 0 Å². The molecule has 2 aromatic heterocycles. The second-order valence-corrected chi connectivity index (χ2v) is 13.7. The average Bonchev–Trinajstić information content (AvgIpc) is 3.77. The van der Waals surface area contributed by atoms with Gasteiger partial charge in [0.1, 0.15) is 11.2 Å². The highest BCUT2D eigenvalue weighted by molar-refractivity contribution is 6.16. The van der Waals surface area contributed by atoms with Gasteiger partial charge in [0, 0.05) is 55.6 Å². The molecule has 0 atom stereocenters. The molecule has 3 heteroatoms. The summed E-state index contributed by atoms with van der Waals surface area (Å²) in [5.74, 6) is 0. The molecule has 53 heavy (non-hydrogen) atoms. The molecule has 11 rings (SSSR count). The lowest BCUT2D eigenvalue weighted by Gasteiger charge is -2.28. The number of aromatic nitrogens is 1. The highest BCUT2D eigenvalue weighted by Crippen LogP contribution is 2.45. The number of fused-ring (bicyclic) bond motifs is 9. The van der Waals surface area contributed by atoms with Crippen LogP contribution in [0.5, 0.6) is 0 Å². The Labute approximate surface area is 306 Å². The first kappa shape index (κ1) is 29.6. The molecule has 0 saturated heterocycles. The van der Waals surface area contributed by atoms with Crippen LogP contribution < -0.4 is 4.90 Å². The molecule has 11 aromatic rings. The molecule has 2 heterocycles. The van der Waals surface area contributed by atoms with E-state index in [1.54, 1.807) is 0 Å². The number of benzene rings is 9. The molecule has 248 valence electrons. The Hall–Kier alpha value is -7.10. The van der Waals surface area contributed by atoms with Crippen LogP contribution in [-0.2, 0) is 0 Å². The van der Waals surface area contributed by atoms with Crippen molar-refractivity contribution < 1.29 is 4.42 Å². The molecule has 0 spiro atoms. The second-order valence-electron chi connectivity index (χ2n) is 13.7. The van der Waals surface area contributed by atoms with Crippen LogP contribution in [0, 0.1) is 0 Å². The fraction of sp³-hybridized carbons (Fsp3) is 0. The van der Waals surface area contributed by atoms with Crippen molar-refractivity contribution in [3.8, 4) is 16.8 Å². The first-order valence-electron chi connectivity index (χ1n) is 18.1. The normalized spacial score (nSPS) is 11.8. The summed E-state index contributed by atoms with van der Waals surface area (Å²) in [5.41, 5.74) is 10.8. The van der Waals surface area contributed by atoms with Crippen LogP contribution in [0.25, 0.3) is 82.1 Å². The Morgan fingerprint density at radius 1 is 0.396 bits per heavy atom. The van der Waals surface area contributed by atoms with Crippen LogP contribution in [0.3, 0.4) is 0 Å². The van der Waals surface area contributed by atoms with E-state index in [2.05, 4.69) is 191 Å². The lowest BCUT2D eigenvalue weighted by atomic mass is 9.98. The van der Waals surface area contributed by atoms with Gasteiger partial charge in [-0.25, -0.2) is 0 Å². The lowest BCUT2D eigenvalue weighted by Crippen LogP contribution is -2.11. The van der Waals surface area contributed by atoms with E-state index in [0.717, 1.165) is 50.3 Å². The number of nitrogens with zero attached hydrogens (tertiary/aromatic N) is 2. The summed E-state index contributed by atoms with van der Waals surface area (Å²) in [6, 6.07) is 69.8. The molecule has 0 N–H and O–H groups in total. The number of hydrogen-bond acceptors (Lipinski definition) is 2. The van der Waals surface area contributed by atoms with E-state index in [0.29, 0.717) is 0 Å². The van der Waals surface area contributed by atoms with E-state index in [1.807, 2.05) is 12.1 Å². The topological polar surface area (TPSA) is 21.3 Å². The van der Waals surface area contributed by atoms with Crippen molar-refractivity contribution in [3.05, 3.63) is 194 Å². The number of furan rings is 1. The van der Waals surface area contributed by atoms with E-state index in [9.17, 15) is 0 Å². The molecule has 0 unspecified atom stereocenters. The van der Waals surface area contributed by atoms with Gasteiger partial charge in [0.25, 0.3) is 0 Å². The third kappa shape index (κ3) is 4.61. The van der Waals surface area contributed by atoms with E-state index in [-0.39, 0.29) is 0 Å². The lowest BCUT2D eigenvalue weighted by molar-refractivity contribution is 0.669. The maximum Gasteiger partial charge on any atom is 0.137 e. The average molecular weight is 677 g/mol. The maximum absolute atomic E-state index is 6.47. The Bertz CT molecular complexity index is 3190. The minimum atomic E-state index is 0.868. The van der Waals surface area contributed by atoms with Crippen molar-refractivity contribution in [1.29, 1.82) is 0 Å². The monoisotopic (exact) mass is 676 g/mol. The van der Waals surface area contributed by atoms with Crippen molar-refractivity contribution in [3.63, 3.8) is 0 Å². The highest BCUT2D eigenvalue weighted by Gasteiger charge is 2.21. The van der Waals surface area contributed by atoms with Gasteiger partial charge in [-0.3, -0.25) is 0 Å². The molecular formula is C50H32N2O. The second kappa shape index (κ2) is 11.7. The number of rotatable bonds is 5. The highest BCUT2D eigenvalue weighted by atomic mass is 16.3. The predicted molar refractivity (Wildman–Crippen MR) is 223 cm³/mol. The molecule has 0 radical (unpaired) electrons. The quantitative estimate of drug-likeness (QED) is 0.169. The summed E-state index contributed by atoms with van der Waals surface area (Å²) < 4.78 is 8.88. The summed E-state index contributed by atoms with van der Waals surface area (Å²) in [6.07, 6.45) is 0. The minimum Gasteiger partial charge on any atom is -0.456 e. The summed E-state index contributed by atoms with van der Waals surface area (Å²) in [7, 11) is 0. The standard InChI is InChI=1S/C50H32N2O/c1-2-16-35(17-3-1)52-46-26-10-8-22-42(46)45-25-13-24-39(50(45)52)33-15-12-18-36(30-33)51(37-28-29-44-43-23-9-11-27-48(43)53-49(44)32-37)47-31-34-14-4-5-19-38(34)40-20-6-7-21-41(40)47/h1-32H. The first-order chi connectivity index (χ1) is 26.3. The van der Waals surface area contributed by atoms with Crippen LogP contribution >= 0.6 is 0 Å². The predicted octanol–water partition coefficient (Wildman–Crippen LogP) is 14.1. The summed E-state index contributed by atoms with van der Waals surface area (Å²) in [5, 5.41) is 9.57. The Balaban J connectivity index is 1.19. The molecule has 0 aliphatic rings. The summed E-state index contributed by atoms with van der Waals surface area (Å²) >= 11 is 0. The first-order valence-corrected chi connectivity index (χ1v) is 18.1. The fourth-order valence-corrected chi connectivity index (χ4v) is 8.41. The van der Waals surface area contributed by atoms with Gasteiger partial charge in [-0.15, -0.1) is 0 Å². The zero-order chi connectivity index (χ0) is 34.9. The summed E-state index contributed by atoms with van der Waals surface area (Å²) in [6.45, 7) is 0. The minimum absolute atomic E-state index is 0.868. The Morgan fingerprint density at radius 2 is 1.06 bits per heavy atom. The van der Waals surface area contributed by atoms with Gasteiger partial charge in [0.2, 0.25) is 0 Å². The molecule has 0 bridgehead atoms. The van der Waals surface area contributed by atoms with Crippen molar-refractivity contribution in [2.24, 2.45) is 0 Å². The Morgan fingerprint density at radius 3 is 1.94 bits per heavy atom. The van der Waals surface area contributed by atoms with Crippen LogP contribution in [-0.4, -0.2) is 4.57 Å². The van der Waals surface area contributed by atoms with Gasteiger partial charge in [-0.05, 0) is 76.3 Å². The van der Waals surface area contributed by atoms with E-state index >= 15 is 0 Å². The Kier molecular flexibility index (Phi) is 6.55. The number of para-hydroxylation sites is 4. The van der Waals surface area contributed by atoms with Gasteiger partial charge in [0.15, 0.2) is 0 Å². The van der Waals surface area contributed by atoms with E-state index in [4.69, 9.17) is 4.42 Å². The largest absolute Gasteiger partial charge is 0.456 e. The molecule has 0 aliphatic carbocycles. The van der Waals surface area contributed by atoms with Gasteiger partial charge >= 0.3 is 0 Å². The SMILES string of the molecule is c1ccc(-n2c3ccccc3c3cccc(-c4cccc(N(c5ccc6c(c5)oc5ccccc56)c5cc6ccccc6c6ccccc56)c4)c32)cc1. The van der Waals surface area contributed by atoms with Crippen LogP contribution in [0.1, 0.15) is 0 Å². The zero-order valence-corrected chi connectivity index (χ0v) is 28.8. The number of anilines is 3. The van der Waals surface area contributed by atoms with Gasteiger partial charge in [0.05, 0.1) is 16.7 Å². The molecule has 9 aromatic carbocycles. The van der Waals surface area contributed by atoms with Crippen molar-refractivity contribution >= 4 is 82.4 Å². The van der Waals surface area contributed by atoms with Crippen molar-refractivity contribution in [1.82, 2.24) is 4.57 Å². The maximum atomic E-state index is 6.47. The van der Waals surface area contributed by atoms with Crippen molar-refractivity contribution in [2.45, 2.75) is 0 Å². The van der Waals surface area contributed by atoms with Gasteiger partial charge in [-0.1, -0.05) is 133 Å². The van der Waals surface area contributed by atoms with Crippen LogP contribution in [0.4, 0.5) is 17.1 Å². The zero-order valence-electron chi connectivity index (χ0n) is 28.8. The molecule has 0 amide bonds. The van der Waals surface area contributed by atoms with Crippen LogP contribution in [0.15, 0.2) is 199 Å². The van der Waals surface area contributed by atoms with Crippen LogP contribution in [0.2, 0.25) is 0 Å². The van der Waals surface area contributed by atoms with Crippen molar-refractivity contribution in [2.75, 3.05) is 4.90 Å². The third-order valence-electron chi connectivity index (χ3n) is 10.7. The number of hydrogen-bond donors (Lipinski definition) is 0. The molecular weight excluding hydrogens is 645 g/mol.